The topological polar surface area (TPSA) is 59.5 Å². The van der Waals surface area contributed by atoms with Crippen LogP contribution in [-0.4, -0.2) is 30.7 Å². The van der Waals surface area contributed by atoms with Gasteiger partial charge in [-0.1, -0.05) is 24.3 Å². The molecule has 0 atom stereocenters. The Morgan fingerprint density at radius 3 is 2.50 bits per heavy atom. The van der Waals surface area contributed by atoms with Crippen LogP contribution in [0.15, 0.2) is 66.4 Å². The van der Waals surface area contributed by atoms with Crippen molar-refractivity contribution < 1.29 is 9.47 Å². The van der Waals surface area contributed by atoms with E-state index in [1.807, 2.05) is 42.5 Å². The lowest BCUT2D eigenvalue weighted by Crippen LogP contribution is -2.21. The summed E-state index contributed by atoms with van der Waals surface area (Å²) in [5, 5.41) is 3.40. The second kappa shape index (κ2) is 7.60. The van der Waals surface area contributed by atoms with Crippen LogP contribution in [0, 0.1) is 0 Å². The SMILES string of the molecule is COc1ccc(OC)c(Nc2nc3ccccc3nc2N2C=C(C)C=CC2)c1. The highest BCUT2D eigenvalue weighted by Gasteiger charge is 2.17. The number of anilines is 3. The van der Waals surface area contributed by atoms with E-state index >= 15 is 0 Å². The molecule has 4 rings (SSSR count). The van der Waals surface area contributed by atoms with Gasteiger partial charge in [-0.15, -0.1) is 0 Å². The molecule has 0 amide bonds. The summed E-state index contributed by atoms with van der Waals surface area (Å²) >= 11 is 0. The van der Waals surface area contributed by atoms with Crippen molar-refractivity contribution in [3.05, 3.63) is 66.4 Å². The highest BCUT2D eigenvalue weighted by Crippen LogP contribution is 2.35. The summed E-state index contributed by atoms with van der Waals surface area (Å²) in [6.07, 6.45) is 6.29. The van der Waals surface area contributed by atoms with Gasteiger partial charge in [0.2, 0.25) is 0 Å². The predicted octanol–water partition coefficient (Wildman–Crippen LogP) is 4.67. The molecule has 0 saturated carbocycles. The number of hydrogen-bond donors (Lipinski definition) is 1. The zero-order valence-electron chi connectivity index (χ0n) is 16.1. The summed E-state index contributed by atoms with van der Waals surface area (Å²) in [5.74, 6) is 2.85. The summed E-state index contributed by atoms with van der Waals surface area (Å²) in [4.78, 5) is 11.8. The van der Waals surface area contributed by atoms with Gasteiger partial charge < -0.3 is 19.7 Å². The Kier molecular flexibility index (Phi) is 4.85. The van der Waals surface area contributed by atoms with Gasteiger partial charge in [-0.2, -0.15) is 0 Å². The van der Waals surface area contributed by atoms with Crippen molar-refractivity contribution in [2.45, 2.75) is 6.92 Å². The quantitative estimate of drug-likeness (QED) is 0.700. The lowest BCUT2D eigenvalue weighted by atomic mass is 10.2. The molecular formula is C22H22N4O2. The summed E-state index contributed by atoms with van der Waals surface area (Å²) in [7, 11) is 3.28. The van der Waals surface area contributed by atoms with Crippen LogP contribution in [0.5, 0.6) is 11.5 Å². The number of allylic oxidation sites excluding steroid dienone is 2. The van der Waals surface area contributed by atoms with Crippen molar-refractivity contribution in [2.24, 2.45) is 0 Å². The highest BCUT2D eigenvalue weighted by atomic mass is 16.5. The molecule has 28 heavy (non-hydrogen) atoms. The summed E-state index contributed by atoms with van der Waals surface area (Å²) in [6.45, 7) is 2.80. The number of hydrogen-bond acceptors (Lipinski definition) is 6. The van der Waals surface area contributed by atoms with Crippen molar-refractivity contribution in [2.75, 3.05) is 31.0 Å². The molecule has 1 N–H and O–H groups in total. The van der Waals surface area contributed by atoms with Crippen molar-refractivity contribution in [1.29, 1.82) is 0 Å². The molecule has 0 saturated heterocycles. The van der Waals surface area contributed by atoms with E-state index in [4.69, 9.17) is 19.4 Å². The third kappa shape index (κ3) is 3.49. The molecule has 0 fully saturated rings. The van der Waals surface area contributed by atoms with Gasteiger partial charge >= 0.3 is 0 Å². The van der Waals surface area contributed by atoms with Gasteiger partial charge in [0.25, 0.3) is 0 Å². The first-order valence-corrected chi connectivity index (χ1v) is 9.05. The third-order valence-corrected chi connectivity index (χ3v) is 4.53. The molecule has 142 valence electrons. The van der Waals surface area contributed by atoms with Crippen LogP contribution >= 0.6 is 0 Å². The number of methoxy groups -OCH3 is 2. The Balaban J connectivity index is 1.83. The molecule has 0 unspecified atom stereocenters. The normalized spacial score (nSPS) is 13.4. The fourth-order valence-corrected chi connectivity index (χ4v) is 3.16. The minimum atomic E-state index is 0.657. The first-order chi connectivity index (χ1) is 13.7. The number of aromatic nitrogens is 2. The summed E-state index contributed by atoms with van der Waals surface area (Å²) in [5.41, 5.74) is 3.59. The summed E-state index contributed by atoms with van der Waals surface area (Å²) in [6, 6.07) is 13.5. The number of fused-ring (bicyclic) bond motifs is 1. The first kappa shape index (κ1) is 17.9. The number of ether oxygens (including phenoxy) is 2. The smallest absolute Gasteiger partial charge is 0.177 e. The largest absolute Gasteiger partial charge is 0.497 e. The van der Waals surface area contributed by atoms with E-state index in [2.05, 4.69) is 35.5 Å². The monoisotopic (exact) mass is 374 g/mol. The molecular weight excluding hydrogens is 352 g/mol. The van der Waals surface area contributed by atoms with Crippen LogP contribution in [0.2, 0.25) is 0 Å². The molecule has 1 aromatic heterocycles. The number of nitrogens with one attached hydrogen (secondary N) is 1. The van der Waals surface area contributed by atoms with E-state index in [0.717, 1.165) is 40.4 Å². The molecule has 6 heteroatoms. The van der Waals surface area contributed by atoms with E-state index in [0.29, 0.717) is 11.6 Å². The molecule has 2 heterocycles. The Labute approximate surface area is 164 Å². The fourth-order valence-electron chi connectivity index (χ4n) is 3.16. The van der Waals surface area contributed by atoms with Gasteiger partial charge in [0, 0.05) is 18.8 Å². The van der Waals surface area contributed by atoms with Crippen LogP contribution in [0.4, 0.5) is 17.3 Å². The Morgan fingerprint density at radius 1 is 1.00 bits per heavy atom. The molecule has 2 aromatic carbocycles. The Hall–Kier alpha value is -3.54. The van der Waals surface area contributed by atoms with Gasteiger partial charge in [-0.05, 0) is 36.8 Å². The second-order valence-corrected chi connectivity index (χ2v) is 6.50. The lowest BCUT2D eigenvalue weighted by molar-refractivity contribution is 0.405. The molecule has 0 bridgehead atoms. The van der Waals surface area contributed by atoms with Crippen LogP contribution in [0.1, 0.15) is 6.92 Å². The lowest BCUT2D eigenvalue weighted by Gasteiger charge is -2.24. The van der Waals surface area contributed by atoms with Crippen LogP contribution in [0.3, 0.4) is 0 Å². The molecule has 0 radical (unpaired) electrons. The predicted molar refractivity (Wildman–Crippen MR) is 113 cm³/mol. The minimum Gasteiger partial charge on any atom is -0.497 e. The molecule has 1 aliphatic heterocycles. The maximum Gasteiger partial charge on any atom is 0.177 e. The van der Waals surface area contributed by atoms with Crippen molar-refractivity contribution >= 4 is 28.4 Å². The van der Waals surface area contributed by atoms with Crippen LogP contribution < -0.4 is 19.7 Å². The standard InChI is InChI=1S/C22H22N4O2/c1-15-7-6-12-26(14-15)22-21(23-17-8-4-5-9-18(17)25-22)24-19-13-16(27-2)10-11-20(19)28-3/h4-11,13-14H,12H2,1-3H3,(H,23,24). The third-order valence-electron chi connectivity index (χ3n) is 4.53. The Bertz CT molecular complexity index is 1080. The van der Waals surface area contributed by atoms with Crippen molar-refractivity contribution in [3.63, 3.8) is 0 Å². The number of para-hydroxylation sites is 2. The number of nitrogens with zero attached hydrogens (tertiary/aromatic N) is 3. The summed E-state index contributed by atoms with van der Waals surface area (Å²) < 4.78 is 10.9. The number of rotatable bonds is 5. The van der Waals surface area contributed by atoms with Crippen molar-refractivity contribution in [1.82, 2.24) is 9.97 Å². The maximum atomic E-state index is 5.50. The van der Waals surface area contributed by atoms with Gasteiger partial charge in [0.1, 0.15) is 11.5 Å². The van der Waals surface area contributed by atoms with Crippen LogP contribution in [-0.2, 0) is 0 Å². The zero-order valence-corrected chi connectivity index (χ0v) is 16.1. The van der Waals surface area contributed by atoms with Gasteiger partial charge in [-0.3, -0.25) is 0 Å². The second-order valence-electron chi connectivity index (χ2n) is 6.50. The first-order valence-electron chi connectivity index (χ1n) is 9.05. The molecule has 3 aromatic rings. The van der Waals surface area contributed by atoms with Gasteiger partial charge in [0.05, 0.1) is 30.9 Å². The average molecular weight is 374 g/mol. The van der Waals surface area contributed by atoms with E-state index < -0.39 is 0 Å². The van der Waals surface area contributed by atoms with Crippen molar-refractivity contribution in [3.8, 4) is 11.5 Å². The van der Waals surface area contributed by atoms with E-state index in [9.17, 15) is 0 Å². The van der Waals surface area contributed by atoms with Gasteiger partial charge in [-0.25, -0.2) is 9.97 Å². The zero-order chi connectivity index (χ0) is 19.5. The minimum absolute atomic E-state index is 0.657. The average Bonchev–Trinajstić information content (AvgIpc) is 2.73. The molecule has 6 nitrogen and oxygen atoms in total. The van der Waals surface area contributed by atoms with Gasteiger partial charge in [0.15, 0.2) is 11.6 Å². The number of benzene rings is 2. The molecule has 1 aliphatic rings. The Morgan fingerprint density at radius 2 is 1.79 bits per heavy atom. The molecule has 0 aliphatic carbocycles. The van der Waals surface area contributed by atoms with E-state index in [1.54, 1.807) is 14.2 Å². The fraction of sp³-hybridized carbons (Fsp3) is 0.182. The van der Waals surface area contributed by atoms with E-state index in [-0.39, 0.29) is 0 Å². The maximum absolute atomic E-state index is 5.50. The van der Waals surface area contributed by atoms with E-state index in [1.165, 1.54) is 0 Å². The van der Waals surface area contributed by atoms with Crippen LogP contribution in [0.25, 0.3) is 11.0 Å². The molecule has 0 spiro atoms. The highest BCUT2D eigenvalue weighted by molar-refractivity contribution is 5.83.